The second-order valence-electron chi connectivity index (χ2n) is 8.39. The SMILES string of the molecule is CCN(CC)c1cc(C(C)C)nc(SCc2ccc(C(=O)N(C)Cc3ccccc3)cc2)n1. The van der Waals surface area contributed by atoms with Gasteiger partial charge in [-0.2, -0.15) is 0 Å². The summed E-state index contributed by atoms with van der Waals surface area (Å²) in [6.45, 7) is 11.0. The third-order valence-corrected chi connectivity index (χ3v) is 6.49. The van der Waals surface area contributed by atoms with Crippen LogP contribution in [-0.2, 0) is 12.3 Å². The number of amides is 1. The van der Waals surface area contributed by atoms with Crippen LogP contribution in [0.1, 0.15) is 60.8 Å². The molecule has 0 saturated carbocycles. The number of hydrogen-bond donors (Lipinski definition) is 0. The van der Waals surface area contributed by atoms with Gasteiger partial charge < -0.3 is 9.80 Å². The molecule has 3 aromatic rings. The van der Waals surface area contributed by atoms with Gasteiger partial charge in [0, 0.05) is 49.8 Å². The van der Waals surface area contributed by atoms with Crippen LogP contribution in [0.3, 0.4) is 0 Å². The number of carbonyl (C=O) groups is 1. The van der Waals surface area contributed by atoms with E-state index in [0.717, 1.165) is 46.6 Å². The Labute approximate surface area is 202 Å². The Morgan fingerprint density at radius 1 is 0.939 bits per heavy atom. The van der Waals surface area contributed by atoms with Crippen molar-refractivity contribution in [2.75, 3.05) is 25.0 Å². The third kappa shape index (κ3) is 6.81. The standard InChI is InChI=1S/C27H34N4OS/c1-6-31(7-2)25-17-24(20(3)4)28-27(29-25)33-19-22-13-15-23(16-14-22)26(32)30(5)18-21-11-9-8-10-12-21/h8-17,20H,6-7,18-19H2,1-5H3. The van der Waals surface area contributed by atoms with E-state index in [1.807, 2.05) is 61.6 Å². The molecule has 5 nitrogen and oxygen atoms in total. The predicted molar refractivity (Wildman–Crippen MR) is 138 cm³/mol. The molecule has 2 aromatic carbocycles. The van der Waals surface area contributed by atoms with Gasteiger partial charge in [0.1, 0.15) is 5.82 Å². The van der Waals surface area contributed by atoms with Gasteiger partial charge in [0.05, 0.1) is 0 Å². The van der Waals surface area contributed by atoms with Gasteiger partial charge >= 0.3 is 0 Å². The molecule has 0 bridgehead atoms. The van der Waals surface area contributed by atoms with E-state index >= 15 is 0 Å². The molecule has 0 unspecified atom stereocenters. The number of hydrogen-bond acceptors (Lipinski definition) is 5. The highest BCUT2D eigenvalue weighted by atomic mass is 32.2. The molecule has 0 N–H and O–H groups in total. The molecule has 0 radical (unpaired) electrons. The summed E-state index contributed by atoms with van der Waals surface area (Å²) in [4.78, 5) is 26.4. The number of aromatic nitrogens is 2. The maximum atomic E-state index is 12.8. The molecule has 33 heavy (non-hydrogen) atoms. The Bertz CT molecular complexity index is 1030. The molecule has 1 heterocycles. The Hall–Kier alpha value is -2.86. The highest BCUT2D eigenvalue weighted by Crippen LogP contribution is 2.26. The van der Waals surface area contributed by atoms with E-state index in [1.54, 1.807) is 16.7 Å². The lowest BCUT2D eigenvalue weighted by molar-refractivity contribution is 0.0785. The first-order valence-corrected chi connectivity index (χ1v) is 12.5. The maximum Gasteiger partial charge on any atom is 0.253 e. The van der Waals surface area contributed by atoms with Gasteiger partial charge in [-0.3, -0.25) is 4.79 Å². The van der Waals surface area contributed by atoms with Gasteiger partial charge in [-0.05, 0) is 43.0 Å². The van der Waals surface area contributed by atoms with Crippen molar-refractivity contribution in [3.8, 4) is 0 Å². The molecule has 0 aliphatic rings. The van der Waals surface area contributed by atoms with E-state index in [4.69, 9.17) is 9.97 Å². The fraction of sp³-hybridized carbons (Fsp3) is 0.370. The van der Waals surface area contributed by atoms with Crippen LogP contribution in [0.4, 0.5) is 5.82 Å². The van der Waals surface area contributed by atoms with Crippen LogP contribution in [0.2, 0.25) is 0 Å². The van der Waals surface area contributed by atoms with Crippen LogP contribution in [0.25, 0.3) is 0 Å². The van der Waals surface area contributed by atoms with E-state index in [1.165, 1.54) is 0 Å². The van der Waals surface area contributed by atoms with E-state index < -0.39 is 0 Å². The van der Waals surface area contributed by atoms with Crippen molar-refractivity contribution in [1.29, 1.82) is 0 Å². The van der Waals surface area contributed by atoms with Crippen molar-refractivity contribution >= 4 is 23.5 Å². The van der Waals surface area contributed by atoms with Gasteiger partial charge in [0.25, 0.3) is 5.91 Å². The van der Waals surface area contributed by atoms with Crippen molar-refractivity contribution < 1.29 is 4.79 Å². The summed E-state index contributed by atoms with van der Waals surface area (Å²) in [7, 11) is 1.84. The number of thioether (sulfide) groups is 1. The Morgan fingerprint density at radius 3 is 2.21 bits per heavy atom. The summed E-state index contributed by atoms with van der Waals surface area (Å²) in [6, 6.07) is 20.0. The number of nitrogens with zero attached hydrogens (tertiary/aromatic N) is 4. The quantitative estimate of drug-likeness (QED) is 0.273. The average molecular weight is 463 g/mol. The first kappa shape index (κ1) is 24.8. The Morgan fingerprint density at radius 2 is 1.61 bits per heavy atom. The summed E-state index contributed by atoms with van der Waals surface area (Å²) in [5.74, 6) is 2.12. The number of carbonyl (C=O) groups excluding carboxylic acids is 1. The molecule has 0 fully saturated rings. The molecular weight excluding hydrogens is 428 g/mol. The zero-order valence-electron chi connectivity index (χ0n) is 20.3. The van der Waals surface area contributed by atoms with Crippen molar-refractivity contribution in [3.05, 3.63) is 83.0 Å². The van der Waals surface area contributed by atoms with E-state index in [-0.39, 0.29) is 5.91 Å². The van der Waals surface area contributed by atoms with Crippen molar-refractivity contribution in [2.24, 2.45) is 0 Å². The third-order valence-electron chi connectivity index (χ3n) is 5.57. The van der Waals surface area contributed by atoms with Crippen LogP contribution in [-0.4, -0.2) is 40.9 Å². The fourth-order valence-electron chi connectivity index (χ4n) is 3.54. The minimum atomic E-state index is 0.0230. The molecule has 0 saturated heterocycles. The summed E-state index contributed by atoms with van der Waals surface area (Å²) >= 11 is 1.64. The highest BCUT2D eigenvalue weighted by molar-refractivity contribution is 7.98. The van der Waals surface area contributed by atoms with E-state index in [2.05, 4.69) is 38.7 Å². The molecule has 0 aliphatic heterocycles. The molecule has 1 aromatic heterocycles. The summed E-state index contributed by atoms with van der Waals surface area (Å²) < 4.78 is 0. The molecule has 0 atom stereocenters. The average Bonchev–Trinajstić information content (AvgIpc) is 2.84. The lowest BCUT2D eigenvalue weighted by Gasteiger charge is -2.21. The van der Waals surface area contributed by atoms with Gasteiger partial charge in [-0.15, -0.1) is 0 Å². The smallest absolute Gasteiger partial charge is 0.253 e. The lowest BCUT2D eigenvalue weighted by Crippen LogP contribution is -2.26. The van der Waals surface area contributed by atoms with E-state index in [0.29, 0.717) is 18.0 Å². The molecular formula is C27H34N4OS. The van der Waals surface area contributed by atoms with Gasteiger partial charge in [-0.1, -0.05) is 68.1 Å². The zero-order valence-corrected chi connectivity index (χ0v) is 21.1. The van der Waals surface area contributed by atoms with Crippen LogP contribution < -0.4 is 4.90 Å². The number of benzene rings is 2. The van der Waals surface area contributed by atoms with Crippen molar-refractivity contribution in [3.63, 3.8) is 0 Å². The largest absolute Gasteiger partial charge is 0.357 e. The molecule has 174 valence electrons. The summed E-state index contributed by atoms with van der Waals surface area (Å²) in [5.41, 5.74) is 4.03. The fourth-order valence-corrected chi connectivity index (χ4v) is 4.36. The minimum absolute atomic E-state index is 0.0230. The zero-order chi connectivity index (χ0) is 23.8. The molecule has 6 heteroatoms. The summed E-state index contributed by atoms with van der Waals surface area (Å²) in [5, 5.41) is 0.797. The molecule has 1 amide bonds. The number of anilines is 1. The minimum Gasteiger partial charge on any atom is -0.357 e. The second kappa shape index (κ2) is 11.8. The number of rotatable bonds is 10. The summed E-state index contributed by atoms with van der Waals surface area (Å²) in [6.07, 6.45) is 0. The second-order valence-corrected chi connectivity index (χ2v) is 9.34. The maximum absolute atomic E-state index is 12.8. The molecule has 0 aliphatic carbocycles. The van der Waals surface area contributed by atoms with Crippen molar-refractivity contribution in [1.82, 2.24) is 14.9 Å². The normalized spacial score (nSPS) is 11.0. The monoisotopic (exact) mass is 462 g/mol. The predicted octanol–water partition coefficient (Wildman–Crippen LogP) is 6.01. The van der Waals surface area contributed by atoms with Crippen LogP contribution >= 0.6 is 11.8 Å². The van der Waals surface area contributed by atoms with Gasteiger partial charge in [0.15, 0.2) is 5.16 Å². The van der Waals surface area contributed by atoms with Crippen LogP contribution in [0.5, 0.6) is 0 Å². The Kier molecular flexibility index (Phi) is 8.89. The van der Waals surface area contributed by atoms with Gasteiger partial charge in [0.2, 0.25) is 0 Å². The van der Waals surface area contributed by atoms with Crippen molar-refractivity contribution in [2.45, 2.75) is 51.1 Å². The first-order chi connectivity index (χ1) is 15.9. The lowest BCUT2D eigenvalue weighted by atomic mass is 10.1. The molecule has 3 rings (SSSR count). The first-order valence-electron chi connectivity index (χ1n) is 11.6. The van der Waals surface area contributed by atoms with Crippen LogP contribution in [0, 0.1) is 0 Å². The Balaban J connectivity index is 1.66. The van der Waals surface area contributed by atoms with E-state index in [9.17, 15) is 4.79 Å². The molecule has 0 spiro atoms. The van der Waals surface area contributed by atoms with Crippen LogP contribution in [0.15, 0.2) is 65.8 Å². The van der Waals surface area contributed by atoms with Gasteiger partial charge in [-0.25, -0.2) is 9.97 Å². The highest BCUT2D eigenvalue weighted by Gasteiger charge is 2.14. The topological polar surface area (TPSA) is 49.3 Å².